The molecule has 0 saturated carbocycles. The Hall–Kier alpha value is -2.73. The lowest BCUT2D eigenvalue weighted by Crippen LogP contribution is -2.37. The Kier molecular flexibility index (Phi) is 6.86. The Labute approximate surface area is 154 Å². The standard InChI is InChI=1S/C20H25NO5/c1-13(18(25-4)14-9-7-6-8-10-14)21-20(22)15-11-16(23-2)19(26-5)17(12-15)24-3/h6-13,18H,1-5H3,(H,21,22). The highest BCUT2D eigenvalue weighted by Crippen LogP contribution is 2.38. The second-order valence-electron chi connectivity index (χ2n) is 5.74. The molecule has 0 aliphatic carbocycles. The number of ether oxygens (including phenoxy) is 4. The molecule has 0 spiro atoms. The molecule has 0 aromatic heterocycles. The Bertz CT molecular complexity index is 707. The van der Waals surface area contributed by atoms with Crippen LogP contribution in [0.4, 0.5) is 0 Å². The van der Waals surface area contributed by atoms with Crippen LogP contribution in [0.3, 0.4) is 0 Å². The van der Waals surface area contributed by atoms with Gasteiger partial charge in [0.15, 0.2) is 11.5 Å². The van der Waals surface area contributed by atoms with Gasteiger partial charge in [-0.15, -0.1) is 0 Å². The summed E-state index contributed by atoms with van der Waals surface area (Å²) in [5, 5.41) is 2.97. The van der Waals surface area contributed by atoms with Crippen LogP contribution in [-0.4, -0.2) is 40.4 Å². The van der Waals surface area contributed by atoms with E-state index in [2.05, 4.69) is 5.32 Å². The van der Waals surface area contributed by atoms with E-state index in [1.54, 1.807) is 19.2 Å². The van der Waals surface area contributed by atoms with Crippen molar-refractivity contribution in [2.45, 2.75) is 19.1 Å². The van der Waals surface area contributed by atoms with Crippen molar-refractivity contribution in [2.24, 2.45) is 0 Å². The van der Waals surface area contributed by atoms with Gasteiger partial charge in [-0.1, -0.05) is 30.3 Å². The summed E-state index contributed by atoms with van der Waals surface area (Å²) in [5.41, 5.74) is 1.40. The Morgan fingerprint density at radius 1 is 0.923 bits per heavy atom. The zero-order chi connectivity index (χ0) is 19.1. The number of methoxy groups -OCH3 is 4. The minimum atomic E-state index is -0.262. The number of carbonyl (C=O) groups is 1. The van der Waals surface area contributed by atoms with Crippen molar-refractivity contribution in [2.75, 3.05) is 28.4 Å². The molecular weight excluding hydrogens is 334 g/mol. The minimum absolute atomic E-state index is 0.242. The van der Waals surface area contributed by atoms with Gasteiger partial charge in [0.25, 0.3) is 5.91 Å². The first-order valence-electron chi connectivity index (χ1n) is 8.24. The number of amides is 1. The van der Waals surface area contributed by atoms with Crippen LogP contribution >= 0.6 is 0 Å². The molecule has 0 bridgehead atoms. The molecule has 0 aliphatic heterocycles. The fraction of sp³-hybridized carbons (Fsp3) is 0.350. The van der Waals surface area contributed by atoms with E-state index in [1.165, 1.54) is 21.3 Å². The van der Waals surface area contributed by atoms with Crippen LogP contribution in [0.2, 0.25) is 0 Å². The summed E-state index contributed by atoms with van der Waals surface area (Å²) >= 11 is 0. The maximum Gasteiger partial charge on any atom is 0.251 e. The molecule has 0 saturated heterocycles. The van der Waals surface area contributed by atoms with Crippen molar-refractivity contribution in [3.63, 3.8) is 0 Å². The van der Waals surface area contributed by atoms with E-state index in [4.69, 9.17) is 18.9 Å². The summed E-state index contributed by atoms with van der Waals surface area (Å²) in [6.45, 7) is 1.90. The first-order valence-corrected chi connectivity index (χ1v) is 8.24. The van der Waals surface area contributed by atoms with Crippen LogP contribution in [0.1, 0.15) is 28.9 Å². The van der Waals surface area contributed by atoms with E-state index in [-0.39, 0.29) is 18.1 Å². The van der Waals surface area contributed by atoms with Gasteiger partial charge in [0.2, 0.25) is 5.75 Å². The van der Waals surface area contributed by atoms with Crippen molar-refractivity contribution in [3.8, 4) is 17.2 Å². The molecule has 1 amide bonds. The van der Waals surface area contributed by atoms with Gasteiger partial charge >= 0.3 is 0 Å². The summed E-state index contributed by atoms with van der Waals surface area (Å²) in [7, 11) is 6.17. The van der Waals surface area contributed by atoms with Gasteiger partial charge in [-0.2, -0.15) is 0 Å². The van der Waals surface area contributed by atoms with Crippen LogP contribution in [0.25, 0.3) is 0 Å². The molecule has 0 aliphatic rings. The van der Waals surface area contributed by atoms with Gasteiger partial charge in [0.05, 0.1) is 27.4 Å². The van der Waals surface area contributed by atoms with Crippen LogP contribution in [0, 0.1) is 0 Å². The molecule has 0 radical (unpaired) electrons. The molecule has 2 aromatic carbocycles. The monoisotopic (exact) mass is 359 g/mol. The van der Waals surface area contributed by atoms with Gasteiger partial charge in [-0.3, -0.25) is 4.79 Å². The molecule has 0 fully saturated rings. The quantitative estimate of drug-likeness (QED) is 0.784. The highest BCUT2D eigenvalue weighted by atomic mass is 16.5. The maximum atomic E-state index is 12.7. The van der Waals surface area contributed by atoms with Gasteiger partial charge < -0.3 is 24.3 Å². The van der Waals surface area contributed by atoms with Gasteiger partial charge in [0, 0.05) is 12.7 Å². The number of nitrogens with one attached hydrogen (secondary N) is 1. The third-order valence-electron chi connectivity index (χ3n) is 4.12. The molecule has 2 aromatic rings. The predicted molar refractivity (Wildman–Crippen MR) is 99.2 cm³/mol. The zero-order valence-electron chi connectivity index (χ0n) is 15.7. The van der Waals surface area contributed by atoms with Crippen molar-refractivity contribution in [1.82, 2.24) is 5.32 Å². The van der Waals surface area contributed by atoms with Gasteiger partial charge in [-0.05, 0) is 24.6 Å². The maximum absolute atomic E-state index is 12.7. The van der Waals surface area contributed by atoms with E-state index in [9.17, 15) is 4.79 Å². The fourth-order valence-corrected chi connectivity index (χ4v) is 2.85. The van der Waals surface area contributed by atoms with Crippen LogP contribution in [-0.2, 0) is 4.74 Å². The van der Waals surface area contributed by atoms with E-state index in [0.717, 1.165) is 5.56 Å². The normalized spacial score (nSPS) is 12.8. The molecule has 26 heavy (non-hydrogen) atoms. The Balaban J connectivity index is 2.23. The Morgan fingerprint density at radius 2 is 1.50 bits per heavy atom. The average Bonchev–Trinajstić information content (AvgIpc) is 2.67. The third kappa shape index (κ3) is 4.26. The molecule has 2 rings (SSSR count). The largest absolute Gasteiger partial charge is 0.493 e. The molecule has 6 heteroatoms. The number of rotatable bonds is 8. The summed E-state index contributed by atoms with van der Waals surface area (Å²) in [6.07, 6.45) is -0.262. The number of hydrogen-bond acceptors (Lipinski definition) is 5. The van der Waals surface area contributed by atoms with Crippen molar-refractivity contribution in [1.29, 1.82) is 0 Å². The third-order valence-corrected chi connectivity index (χ3v) is 4.12. The number of hydrogen-bond donors (Lipinski definition) is 1. The molecule has 2 atom stereocenters. The van der Waals surface area contributed by atoms with E-state index >= 15 is 0 Å². The SMILES string of the molecule is COc1cc(C(=O)NC(C)C(OC)c2ccccc2)cc(OC)c1OC. The van der Waals surface area contributed by atoms with E-state index in [1.807, 2.05) is 37.3 Å². The molecular formula is C20H25NO5. The predicted octanol–water partition coefficient (Wildman–Crippen LogP) is 3.22. The molecule has 2 unspecified atom stereocenters. The lowest BCUT2D eigenvalue weighted by Gasteiger charge is -2.24. The van der Waals surface area contributed by atoms with Crippen LogP contribution in [0.15, 0.2) is 42.5 Å². The summed E-state index contributed by atoms with van der Waals surface area (Å²) in [5.74, 6) is 1.04. The van der Waals surface area contributed by atoms with Crippen LogP contribution in [0.5, 0.6) is 17.2 Å². The summed E-state index contributed by atoms with van der Waals surface area (Å²) in [6, 6.07) is 12.8. The first-order chi connectivity index (χ1) is 12.5. The average molecular weight is 359 g/mol. The Morgan fingerprint density at radius 3 is 1.96 bits per heavy atom. The number of carbonyl (C=O) groups excluding carboxylic acids is 1. The highest BCUT2D eigenvalue weighted by Gasteiger charge is 2.23. The summed E-state index contributed by atoms with van der Waals surface area (Å²) in [4.78, 5) is 12.7. The summed E-state index contributed by atoms with van der Waals surface area (Å²) < 4.78 is 21.5. The van der Waals surface area contributed by atoms with E-state index in [0.29, 0.717) is 22.8 Å². The lowest BCUT2D eigenvalue weighted by molar-refractivity contribution is 0.0644. The van der Waals surface area contributed by atoms with Crippen molar-refractivity contribution < 1.29 is 23.7 Å². The molecule has 140 valence electrons. The molecule has 0 heterocycles. The first kappa shape index (κ1) is 19.6. The topological polar surface area (TPSA) is 66.0 Å². The lowest BCUT2D eigenvalue weighted by atomic mass is 10.0. The van der Waals surface area contributed by atoms with Gasteiger partial charge in [0.1, 0.15) is 6.10 Å². The minimum Gasteiger partial charge on any atom is -0.493 e. The second kappa shape index (κ2) is 9.10. The zero-order valence-corrected chi connectivity index (χ0v) is 15.7. The van der Waals surface area contributed by atoms with E-state index < -0.39 is 0 Å². The number of benzene rings is 2. The van der Waals surface area contributed by atoms with Gasteiger partial charge in [-0.25, -0.2) is 0 Å². The molecule has 1 N–H and O–H groups in total. The van der Waals surface area contributed by atoms with Crippen LogP contribution < -0.4 is 19.5 Å². The molecule has 6 nitrogen and oxygen atoms in total. The second-order valence-corrected chi connectivity index (χ2v) is 5.74. The fourth-order valence-electron chi connectivity index (χ4n) is 2.85. The van der Waals surface area contributed by atoms with Crippen molar-refractivity contribution in [3.05, 3.63) is 53.6 Å². The van der Waals surface area contributed by atoms with Crippen molar-refractivity contribution >= 4 is 5.91 Å². The smallest absolute Gasteiger partial charge is 0.251 e. The highest BCUT2D eigenvalue weighted by molar-refractivity contribution is 5.95.